The Labute approximate surface area is 211 Å². The first-order valence-corrected chi connectivity index (χ1v) is 12.4. The van der Waals surface area contributed by atoms with Crippen LogP contribution in [0.4, 0.5) is 10.1 Å². The molecule has 1 saturated heterocycles. The van der Waals surface area contributed by atoms with Gasteiger partial charge in [0.25, 0.3) is 11.6 Å². The van der Waals surface area contributed by atoms with Gasteiger partial charge < -0.3 is 4.90 Å². The van der Waals surface area contributed by atoms with Gasteiger partial charge in [-0.1, -0.05) is 68.4 Å². The highest BCUT2D eigenvalue weighted by Gasteiger charge is 2.36. The predicted molar refractivity (Wildman–Crippen MR) is 138 cm³/mol. The van der Waals surface area contributed by atoms with Gasteiger partial charge in [0.05, 0.1) is 10.5 Å². The van der Waals surface area contributed by atoms with Crippen LogP contribution in [0, 0.1) is 27.8 Å². The zero-order valence-corrected chi connectivity index (χ0v) is 20.7. The maximum Gasteiger partial charge on any atom is 0.269 e. The summed E-state index contributed by atoms with van der Waals surface area (Å²) in [5, 5.41) is 11.0. The Morgan fingerprint density at radius 3 is 2.33 bits per heavy atom. The average Bonchev–Trinajstić information content (AvgIpc) is 3.26. The van der Waals surface area contributed by atoms with Crippen LogP contribution >= 0.6 is 0 Å². The van der Waals surface area contributed by atoms with Crippen molar-refractivity contribution in [3.63, 3.8) is 0 Å². The van der Waals surface area contributed by atoms with Gasteiger partial charge in [-0.15, -0.1) is 0 Å². The minimum Gasteiger partial charge on any atom is -0.338 e. The van der Waals surface area contributed by atoms with E-state index in [0.717, 1.165) is 18.7 Å². The molecule has 7 heteroatoms. The maximum atomic E-state index is 14.5. The quantitative estimate of drug-likeness (QED) is 0.284. The topological polar surface area (TPSA) is 66.7 Å². The molecule has 3 aromatic carbocycles. The first-order valence-electron chi connectivity index (χ1n) is 12.4. The number of nitro benzene ring substituents is 1. The van der Waals surface area contributed by atoms with Crippen LogP contribution in [-0.2, 0) is 6.54 Å². The summed E-state index contributed by atoms with van der Waals surface area (Å²) in [5.41, 5.74) is 2.41. The molecular weight excluding hydrogens is 457 g/mol. The van der Waals surface area contributed by atoms with Gasteiger partial charge in [0, 0.05) is 50.8 Å². The number of carbonyl (C=O) groups excluding carboxylic acids is 1. The lowest BCUT2D eigenvalue weighted by Gasteiger charge is -2.30. The standard InChI is InChI=1S/C29H32FN3O3/c1-21(2)16-32(29(34)26-10-6-7-11-28(26)30)19-24-18-31(20-27(24)23-8-4-3-5-9-23)17-22-12-14-25(15-13-22)33(35)36/h3-15,21,24,27H,16-20H2,1-2H3/t24-,27-/m1/s1. The van der Waals surface area contributed by atoms with Gasteiger partial charge in [-0.25, -0.2) is 4.39 Å². The second kappa shape index (κ2) is 11.4. The first-order chi connectivity index (χ1) is 17.3. The summed E-state index contributed by atoms with van der Waals surface area (Å²) in [4.78, 5) is 28.2. The molecule has 0 N–H and O–H groups in total. The Morgan fingerprint density at radius 2 is 1.69 bits per heavy atom. The van der Waals surface area contributed by atoms with E-state index < -0.39 is 10.7 Å². The van der Waals surface area contributed by atoms with Crippen LogP contribution in [0.5, 0.6) is 0 Å². The molecule has 2 atom stereocenters. The molecule has 1 heterocycles. The normalized spacial score (nSPS) is 17.9. The van der Waals surface area contributed by atoms with Gasteiger partial charge in [-0.05, 0) is 35.1 Å². The van der Waals surface area contributed by atoms with Crippen molar-refractivity contribution < 1.29 is 14.1 Å². The lowest BCUT2D eigenvalue weighted by atomic mass is 9.88. The smallest absolute Gasteiger partial charge is 0.269 e. The van der Waals surface area contributed by atoms with E-state index in [1.54, 1.807) is 35.2 Å². The number of amides is 1. The molecule has 4 rings (SSSR count). The number of benzene rings is 3. The Balaban J connectivity index is 1.56. The van der Waals surface area contributed by atoms with E-state index in [4.69, 9.17) is 0 Å². The van der Waals surface area contributed by atoms with E-state index in [-0.39, 0.29) is 34.9 Å². The van der Waals surface area contributed by atoms with Crippen molar-refractivity contribution in [3.8, 4) is 0 Å². The number of carbonyl (C=O) groups is 1. The highest BCUT2D eigenvalue weighted by Crippen LogP contribution is 2.34. The fourth-order valence-electron chi connectivity index (χ4n) is 5.10. The van der Waals surface area contributed by atoms with Crippen LogP contribution in [0.3, 0.4) is 0 Å². The largest absolute Gasteiger partial charge is 0.338 e. The highest BCUT2D eigenvalue weighted by molar-refractivity contribution is 5.94. The van der Waals surface area contributed by atoms with Crippen LogP contribution in [0.2, 0.25) is 0 Å². The molecular formula is C29H32FN3O3. The van der Waals surface area contributed by atoms with E-state index in [9.17, 15) is 19.3 Å². The first kappa shape index (κ1) is 25.5. The third-order valence-corrected chi connectivity index (χ3v) is 6.73. The number of rotatable bonds is 9. The van der Waals surface area contributed by atoms with Crippen molar-refractivity contribution in [1.29, 1.82) is 0 Å². The third kappa shape index (κ3) is 6.15. The number of nitro groups is 1. The summed E-state index contributed by atoms with van der Waals surface area (Å²) >= 11 is 0. The number of non-ortho nitro benzene ring substituents is 1. The number of halogens is 1. The van der Waals surface area contributed by atoms with Crippen molar-refractivity contribution in [2.75, 3.05) is 26.2 Å². The Kier molecular flexibility index (Phi) is 8.10. The summed E-state index contributed by atoms with van der Waals surface area (Å²) < 4.78 is 14.5. The second-order valence-electron chi connectivity index (χ2n) is 9.98. The summed E-state index contributed by atoms with van der Waals surface area (Å²) in [6.07, 6.45) is 0. The molecule has 3 aromatic rings. The van der Waals surface area contributed by atoms with Crippen molar-refractivity contribution >= 4 is 11.6 Å². The Bertz CT molecular complexity index is 1180. The van der Waals surface area contributed by atoms with Gasteiger partial charge in [0.2, 0.25) is 0 Å². The molecule has 1 aliphatic rings. The zero-order valence-electron chi connectivity index (χ0n) is 20.7. The predicted octanol–water partition coefficient (Wildman–Crippen LogP) is 5.75. The van der Waals surface area contributed by atoms with Gasteiger partial charge in [0.15, 0.2) is 0 Å². The minimum atomic E-state index is -0.498. The molecule has 6 nitrogen and oxygen atoms in total. The Hall–Kier alpha value is -3.58. The maximum absolute atomic E-state index is 14.5. The van der Waals surface area contributed by atoms with Crippen LogP contribution < -0.4 is 0 Å². The number of nitrogens with zero attached hydrogens (tertiary/aromatic N) is 3. The Morgan fingerprint density at radius 1 is 1.03 bits per heavy atom. The molecule has 1 aliphatic heterocycles. The molecule has 0 bridgehead atoms. The summed E-state index contributed by atoms with van der Waals surface area (Å²) in [6.45, 7) is 7.46. The van der Waals surface area contributed by atoms with Crippen molar-refractivity contribution in [2.24, 2.45) is 11.8 Å². The molecule has 0 radical (unpaired) electrons. The van der Waals surface area contributed by atoms with Crippen LogP contribution in [0.1, 0.15) is 41.3 Å². The highest BCUT2D eigenvalue weighted by atomic mass is 19.1. The van der Waals surface area contributed by atoms with Gasteiger partial charge in [-0.2, -0.15) is 0 Å². The van der Waals surface area contributed by atoms with Gasteiger partial charge in [-0.3, -0.25) is 19.8 Å². The zero-order chi connectivity index (χ0) is 25.7. The molecule has 188 valence electrons. The fraction of sp³-hybridized carbons (Fsp3) is 0.345. The fourth-order valence-corrected chi connectivity index (χ4v) is 5.10. The molecule has 0 saturated carbocycles. The summed E-state index contributed by atoms with van der Waals surface area (Å²) in [7, 11) is 0. The van der Waals surface area contributed by atoms with Crippen molar-refractivity contribution in [2.45, 2.75) is 26.3 Å². The monoisotopic (exact) mass is 489 g/mol. The average molecular weight is 490 g/mol. The van der Waals surface area contributed by atoms with E-state index in [2.05, 4.69) is 30.9 Å². The van der Waals surface area contributed by atoms with Crippen molar-refractivity contribution in [1.82, 2.24) is 9.80 Å². The molecule has 36 heavy (non-hydrogen) atoms. The molecule has 0 aliphatic carbocycles. The van der Waals surface area contributed by atoms with Crippen LogP contribution in [-0.4, -0.2) is 46.8 Å². The lowest BCUT2D eigenvalue weighted by Crippen LogP contribution is -2.40. The second-order valence-corrected chi connectivity index (χ2v) is 9.98. The molecule has 1 amide bonds. The lowest BCUT2D eigenvalue weighted by molar-refractivity contribution is -0.384. The summed E-state index contributed by atoms with van der Waals surface area (Å²) in [5.74, 6) is -0.148. The van der Waals surface area contributed by atoms with Gasteiger partial charge >= 0.3 is 0 Å². The van der Waals surface area contributed by atoms with E-state index in [0.29, 0.717) is 19.6 Å². The molecule has 0 aromatic heterocycles. The third-order valence-electron chi connectivity index (χ3n) is 6.73. The summed E-state index contributed by atoms with van der Waals surface area (Å²) in [6, 6.07) is 23.1. The van der Waals surface area contributed by atoms with Crippen LogP contribution in [0.25, 0.3) is 0 Å². The van der Waals surface area contributed by atoms with Crippen molar-refractivity contribution in [3.05, 3.63) is 111 Å². The van der Waals surface area contributed by atoms with Gasteiger partial charge in [0.1, 0.15) is 5.82 Å². The van der Waals surface area contributed by atoms with E-state index in [1.807, 2.05) is 18.2 Å². The molecule has 0 spiro atoms. The number of likely N-dealkylation sites (tertiary alicyclic amines) is 1. The number of hydrogen-bond acceptors (Lipinski definition) is 4. The molecule has 0 unspecified atom stereocenters. The minimum absolute atomic E-state index is 0.0798. The van der Waals surface area contributed by atoms with E-state index >= 15 is 0 Å². The number of hydrogen-bond donors (Lipinski definition) is 0. The SMILES string of the molecule is CC(C)CN(C[C@H]1CN(Cc2ccc([N+](=O)[O-])cc2)C[C@@H]1c1ccccc1)C(=O)c1ccccc1F. The molecule has 1 fully saturated rings. The van der Waals surface area contributed by atoms with Crippen LogP contribution in [0.15, 0.2) is 78.9 Å². The van der Waals surface area contributed by atoms with E-state index in [1.165, 1.54) is 23.8 Å².